The third-order valence-electron chi connectivity index (χ3n) is 5.72. The van der Waals surface area contributed by atoms with Crippen LogP contribution in [0.1, 0.15) is 33.6 Å². The van der Waals surface area contributed by atoms with Crippen LogP contribution in [-0.4, -0.2) is 101 Å². The lowest BCUT2D eigenvalue weighted by molar-refractivity contribution is -0.125. The molecule has 0 spiro atoms. The van der Waals surface area contributed by atoms with E-state index in [0.29, 0.717) is 102 Å². The highest BCUT2D eigenvalue weighted by atomic mass is 16.6. The van der Waals surface area contributed by atoms with Crippen LogP contribution < -0.4 is 16.0 Å². The lowest BCUT2D eigenvalue weighted by atomic mass is 10.0. The van der Waals surface area contributed by atoms with Crippen molar-refractivity contribution in [3.63, 3.8) is 0 Å². The molecule has 12 heteroatoms. The largest absolute Gasteiger partial charge is 0.383 e. The zero-order valence-electron chi connectivity index (χ0n) is 20.8. The van der Waals surface area contributed by atoms with Crippen molar-refractivity contribution in [2.75, 3.05) is 71.3 Å². The minimum atomic E-state index is -0.826. The third kappa shape index (κ3) is 8.35. The van der Waals surface area contributed by atoms with Crippen LogP contribution in [-0.2, 0) is 28.5 Å². The average Bonchev–Trinajstić information content (AvgIpc) is 3.13. The Kier molecular flexibility index (Phi) is 11.5. The second kappa shape index (κ2) is 15.1. The molecule has 0 aromatic heterocycles. The van der Waals surface area contributed by atoms with Crippen molar-refractivity contribution in [2.45, 2.75) is 18.9 Å². The highest BCUT2D eigenvalue weighted by molar-refractivity contribution is 6.23. The number of carbonyl (C=O) groups excluding carboxylic acids is 4. The van der Waals surface area contributed by atoms with E-state index in [2.05, 4.69) is 22.5 Å². The fourth-order valence-corrected chi connectivity index (χ4v) is 3.88. The van der Waals surface area contributed by atoms with E-state index in [1.54, 1.807) is 18.2 Å². The number of carbonyl (C=O) groups is 4. The SMILES string of the molecule is C=C1CCC(N2C(=O)c3ccc(NCCOCCOCCOCCOCCNC=O)cc3C2=O)C(=O)N1. The zero-order valence-corrected chi connectivity index (χ0v) is 20.8. The quantitative estimate of drug-likeness (QED) is 0.142. The monoisotopic (exact) mass is 518 g/mol. The average molecular weight is 519 g/mol. The topological polar surface area (TPSA) is 145 Å². The van der Waals surface area contributed by atoms with Gasteiger partial charge in [-0.25, -0.2) is 0 Å². The lowest BCUT2D eigenvalue weighted by Gasteiger charge is -2.29. The maximum atomic E-state index is 12.9. The molecule has 1 saturated heterocycles. The summed E-state index contributed by atoms with van der Waals surface area (Å²) in [6.45, 7) is 8.27. The van der Waals surface area contributed by atoms with E-state index in [4.69, 9.17) is 18.9 Å². The van der Waals surface area contributed by atoms with Crippen molar-refractivity contribution in [1.82, 2.24) is 15.5 Å². The number of ether oxygens (including phenoxy) is 4. The summed E-state index contributed by atoms with van der Waals surface area (Å²) in [5.41, 5.74) is 1.85. The molecule has 12 nitrogen and oxygen atoms in total. The molecular formula is C25H34N4O8. The molecule has 1 aromatic rings. The molecule has 2 aliphatic rings. The van der Waals surface area contributed by atoms with Gasteiger partial charge in [0.2, 0.25) is 12.3 Å². The van der Waals surface area contributed by atoms with Crippen molar-refractivity contribution in [3.8, 4) is 0 Å². The Bertz CT molecular complexity index is 970. The van der Waals surface area contributed by atoms with Crippen molar-refractivity contribution < 1.29 is 38.1 Å². The van der Waals surface area contributed by atoms with E-state index in [1.807, 2.05) is 0 Å². The van der Waals surface area contributed by atoms with Gasteiger partial charge in [-0.3, -0.25) is 24.1 Å². The molecule has 1 unspecified atom stereocenters. The maximum Gasteiger partial charge on any atom is 0.262 e. The number of imide groups is 1. The van der Waals surface area contributed by atoms with Gasteiger partial charge in [0, 0.05) is 24.5 Å². The lowest BCUT2D eigenvalue weighted by Crippen LogP contribution is -2.51. The minimum absolute atomic E-state index is 0.283. The molecule has 3 rings (SSSR count). The van der Waals surface area contributed by atoms with Crippen LogP contribution in [0.3, 0.4) is 0 Å². The number of amides is 4. The highest BCUT2D eigenvalue weighted by Gasteiger charge is 2.43. The van der Waals surface area contributed by atoms with Crippen LogP contribution in [0.15, 0.2) is 30.5 Å². The molecule has 0 saturated carbocycles. The Morgan fingerprint density at radius 3 is 2.11 bits per heavy atom. The summed E-state index contributed by atoms with van der Waals surface area (Å²) < 4.78 is 21.6. The van der Waals surface area contributed by atoms with Gasteiger partial charge in [-0.05, 0) is 31.0 Å². The summed E-state index contributed by atoms with van der Waals surface area (Å²) >= 11 is 0. The van der Waals surface area contributed by atoms with Crippen molar-refractivity contribution >= 4 is 29.8 Å². The van der Waals surface area contributed by atoms with Gasteiger partial charge in [0.05, 0.1) is 64.0 Å². The van der Waals surface area contributed by atoms with Crippen LogP contribution >= 0.6 is 0 Å². The van der Waals surface area contributed by atoms with E-state index < -0.39 is 17.9 Å². The predicted octanol–water partition coefficient (Wildman–Crippen LogP) is 0.299. The fraction of sp³-hybridized carbons (Fsp3) is 0.520. The Morgan fingerprint density at radius 2 is 1.49 bits per heavy atom. The summed E-state index contributed by atoms with van der Waals surface area (Å²) in [6, 6.07) is 4.14. The van der Waals surface area contributed by atoms with Crippen molar-refractivity contribution in [2.24, 2.45) is 0 Å². The smallest absolute Gasteiger partial charge is 0.262 e. The Morgan fingerprint density at radius 1 is 0.892 bits per heavy atom. The first-order chi connectivity index (χ1) is 18.0. The molecule has 0 aliphatic carbocycles. The van der Waals surface area contributed by atoms with Crippen LogP contribution in [0, 0.1) is 0 Å². The van der Waals surface area contributed by atoms with Crippen molar-refractivity contribution in [3.05, 3.63) is 41.6 Å². The number of hydrogen-bond donors (Lipinski definition) is 3. The number of allylic oxidation sites excluding steroid dienone is 1. The minimum Gasteiger partial charge on any atom is -0.383 e. The van der Waals surface area contributed by atoms with Gasteiger partial charge in [-0.2, -0.15) is 0 Å². The van der Waals surface area contributed by atoms with Crippen molar-refractivity contribution in [1.29, 1.82) is 0 Å². The molecule has 2 aliphatic heterocycles. The van der Waals surface area contributed by atoms with E-state index in [9.17, 15) is 19.2 Å². The van der Waals surface area contributed by atoms with Crippen LogP contribution in [0.5, 0.6) is 0 Å². The van der Waals surface area contributed by atoms with Gasteiger partial charge in [0.15, 0.2) is 0 Å². The number of hydrogen-bond acceptors (Lipinski definition) is 9. The molecule has 4 amide bonds. The number of piperidine rings is 1. The Hall–Kier alpha value is -3.32. The Balaban J connectivity index is 1.26. The molecule has 1 fully saturated rings. The number of nitrogens with zero attached hydrogens (tertiary/aromatic N) is 1. The molecule has 37 heavy (non-hydrogen) atoms. The summed E-state index contributed by atoms with van der Waals surface area (Å²) in [4.78, 5) is 49.1. The van der Waals surface area contributed by atoms with Gasteiger partial charge >= 0.3 is 0 Å². The van der Waals surface area contributed by atoms with Crippen LogP contribution in [0.2, 0.25) is 0 Å². The van der Waals surface area contributed by atoms with E-state index >= 15 is 0 Å². The van der Waals surface area contributed by atoms with Crippen LogP contribution in [0.25, 0.3) is 0 Å². The first-order valence-electron chi connectivity index (χ1n) is 12.3. The Labute approximate surface area is 215 Å². The molecule has 0 radical (unpaired) electrons. The van der Waals surface area contributed by atoms with Gasteiger partial charge < -0.3 is 34.9 Å². The number of rotatable bonds is 18. The second-order valence-corrected chi connectivity index (χ2v) is 8.34. The first-order valence-corrected chi connectivity index (χ1v) is 12.3. The van der Waals surface area contributed by atoms with E-state index in [0.717, 1.165) is 4.90 Å². The highest BCUT2D eigenvalue weighted by Crippen LogP contribution is 2.30. The molecule has 202 valence electrons. The molecule has 2 heterocycles. The number of nitrogens with one attached hydrogen (secondary N) is 3. The summed E-state index contributed by atoms with van der Waals surface area (Å²) in [5.74, 6) is -1.30. The van der Waals surface area contributed by atoms with Gasteiger partial charge in [0.25, 0.3) is 11.8 Å². The number of benzene rings is 1. The third-order valence-corrected chi connectivity index (χ3v) is 5.72. The molecular weight excluding hydrogens is 484 g/mol. The van der Waals surface area contributed by atoms with Gasteiger partial charge in [0.1, 0.15) is 6.04 Å². The predicted molar refractivity (Wildman–Crippen MR) is 133 cm³/mol. The molecule has 3 N–H and O–H groups in total. The molecule has 0 bridgehead atoms. The summed E-state index contributed by atoms with van der Waals surface area (Å²) in [7, 11) is 0. The van der Waals surface area contributed by atoms with Gasteiger partial charge in [-0.1, -0.05) is 6.58 Å². The maximum absolute atomic E-state index is 12.9. The number of anilines is 1. The number of fused-ring (bicyclic) bond motifs is 1. The second-order valence-electron chi connectivity index (χ2n) is 8.34. The summed E-state index contributed by atoms with van der Waals surface area (Å²) in [6.07, 6.45) is 1.52. The fourth-order valence-electron chi connectivity index (χ4n) is 3.88. The zero-order chi connectivity index (χ0) is 26.5. The summed E-state index contributed by atoms with van der Waals surface area (Å²) in [5, 5.41) is 8.30. The van der Waals surface area contributed by atoms with E-state index in [1.165, 1.54) is 0 Å². The molecule has 1 aromatic carbocycles. The van der Waals surface area contributed by atoms with E-state index in [-0.39, 0.29) is 11.5 Å². The first kappa shape index (κ1) is 28.3. The van der Waals surface area contributed by atoms with Crippen LogP contribution in [0.4, 0.5) is 5.69 Å². The standard InChI is InChI=1S/C25H34N4O8/c1-18-2-5-22(23(31)28-18)29-24(32)20-4-3-19(16-21(20)25(29)33)27-7-9-35-11-13-37-15-14-36-12-10-34-8-6-26-17-30/h3-4,16-17,22,27H,1-2,5-15H2,(H,26,30)(H,28,31). The normalized spacial score (nSPS) is 17.1. The molecule has 1 atom stereocenters. The van der Waals surface area contributed by atoms with Gasteiger partial charge in [-0.15, -0.1) is 0 Å².